The van der Waals surface area contributed by atoms with E-state index in [1.165, 1.54) is 0 Å². The minimum atomic E-state index is -0.538. The lowest BCUT2D eigenvalue weighted by Crippen LogP contribution is -2.16. The smallest absolute Gasteiger partial charge is 0.225 e. The molecule has 1 aromatic carbocycles. The van der Waals surface area contributed by atoms with Crippen molar-refractivity contribution in [3.05, 3.63) is 24.3 Å². The molecule has 0 fully saturated rings. The molecule has 0 unspecified atom stereocenters. The van der Waals surface area contributed by atoms with E-state index in [9.17, 15) is 9.18 Å². The SMILES string of the molecule is Cl.NCCC(=O)Nc1cccc(OCCF)c1. The van der Waals surface area contributed by atoms with E-state index < -0.39 is 6.67 Å². The van der Waals surface area contributed by atoms with Gasteiger partial charge in [-0.15, -0.1) is 12.4 Å². The van der Waals surface area contributed by atoms with Crippen molar-refractivity contribution in [3.8, 4) is 5.75 Å². The lowest BCUT2D eigenvalue weighted by Gasteiger charge is -2.07. The Bertz CT molecular complexity index is 350. The summed E-state index contributed by atoms with van der Waals surface area (Å²) in [5, 5.41) is 2.67. The van der Waals surface area contributed by atoms with Gasteiger partial charge in [-0.25, -0.2) is 4.39 Å². The van der Waals surface area contributed by atoms with Gasteiger partial charge in [0.2, 0.25) is 5.91 Å². The molecule has 0 atom stereocenters. The lowest BCUT2D eigenvalue weighted by atomic mass is 10.3. The Morgan fingerprint density at radius 3 is 2.88 bits per heavy atom. The third-order valence-electron chi connectivity index (χ3n) is 1.84. The Balaban J connectivity index is 0.00000256. The summed E-state index contributed by atoms with van der Waals surface area (Å²) >= 11 is 0. The van der Waals surface area contributed by atoms with Crippen LogP contribution in [0.25, 0.3) is 0 Å². The maximum atomic E-state index is 11.9. The second-order valence-electron chi connectivity index (χ2n) is 3.15. The van der Waals surface area contributed by atoms with Crippen molar-refractivity contribution in [1.29, 1.82) is 0 Å². The summed E-state index contributed by atoms with van der Waals surface area (Å²) in [6, 6.07) is 6.81. The number of ether oxygens (including phenoxy) is 1. The number of amides is 1. The predicted octanol–water partition coefficient (Wildman–Crippen LogP) is 1.74. The van der Waals surface area contributed by atoms with E-state index in [2.05, 4.69) is 5.32 Å². The molecule has 0 spiro atoms. The van der Waals surface area contributed by atoms with Gasteiger partial charge in [-0.3, -0.25) is 4.79 Å². The summed E-state index contributed by atoms with van der Waals surface area (Å²) in [6.07, 6.45) is 0.273. The first-order chi connectivity index (χ1) is 7.76. The summed E-state index contributed by atoms with van der Waals surface area (Å²) in [4.78, 5) is 11.2. The number of nitrogens with two attached hydrogens (primary N) is 1. The van der Waals surface area contributed by atoms with E-state index in [-0.39, 0.29) is 31.3 Å². The molecule has 0 aliphatic heterocycles. The van der Waals surface area contributed by atoms with E-state index in [1.54, 1.807) is 24.3 Å². The van der Waals surface area contributed by atoms with Gasteiger partial charge in [-0.2, -0.15) is 0 Å². The number of alkyl halides is 1. The zero-order valence-electron chi connectivity index (χ0n) is 9.32. The van der Waals surface area contributed by atoms with Gasteiger partial charge in [0, 0.05) is 24.7 Å². The van der Waals surface area contributed by atoms with Crippen LogP contribution in [0, 0.1) is 0 Å². The molecule has 4 nitrogen and oxygen atoms in total. The molecular weight excluding hydrogens is 247 g/mol. The van der Waals surface area contributed by atoms with Crippen molar-refractivity contribution < 1.29 is 13.9 Å². The first-order valence-electron chi connectivity index (χ1n) is 5.05. The summed E-state index contributed by atoms with van der Waals surface area (Å²) in [6.45, 7) is -0.214. The molecule has 1 aromatic rings. The summed E-state index contributed by atoms with van der Waals surface area (Å²) in [7, 11) is 0. The number of benzene rings is 1. The molecule has 6 heteroatoms. The molecule has 0 saturated carbocycles. The van der Waals surface area contributed by atoms with Crippen LogP contribution in [0.15, 0.2) is 24.3 Å². The number of carbonyl (C=O) groups excluding carboxylic acids is 1. The number of carbonyl (C=O) groups is 1. The average Bonchev–Trinajstić information content (AvgIpc) is 2.27. The quantitative estimate of drug-likeness (QED) is 0.821. The first kappa shape index (κ1) is 15.7. The normalized spacial score (nSPS) is 9.29. The van der Waals surface area contributed by atoms with Crippen LogP contribution in [-0.2, 0) is 4.79 Å². The highest BCUT2D eigenvalue weighted by Gasteiger charge is 2.01. The maximum absolute atomic E-state index is 11.9. The second kappa shape index (κ2) is 8.78. The Morgan fingerprint density at radius 2 is 2.24 bits per heavy atom. The third-order valence-corrected chi connectivity index (χ3v) is 1.84. The zero-order chi connectivity index (χ0) is 11.8. The molecule has 17 heavy (non-hydrogen) atoms. The molecule has 1 amide bonds. The van der Waals surface area contributed by atoms with Crippen LogP contribution in [0.2, 0.25) is 0 Å². The van der Waals surface area contributed by atoms with Gasteiger partial charge < -0.3 is 15.8 Å². The molecule has 0 aliphatic carbocycles. The van der Waals surface area contributed by atoms with Crippen molar-refractivity contribution in [2.24, 2.45) is 5.73 Å². The van der Waals surface area contributed by atoms with Gasteiger partial charge in [0.15, 0.2) is 0 Å². The maximum Gasteiger partial charge on any atom is 0.225 e. The fourth-order valence-corrected chi connectivity index (χ4v) is 1.17. The molecule has 3 N–H and O–H groups in total. The largest absolute Gasteiger partial charge is 0.491 e. The summed E-state index contributed by atoms with van der Waals surface area (Å²) in [5.41, 5.74) is 5.87. The molecule has 0 radical (unpaired) electrons. The van der Waals surface area contributed by atoms with Crippen LogP contribution >= 0.6 is 12.4 Å². The van der Waals surface area contributed by atoms with Gasteiger partial charge in [-0.05, 0) is 12.1 Å². The van der Waals surface area contributed by atoms with Crippen LogP contribution in [0.1, 0.15) is 6.42 Å². The second-order valence-corrected chi connectivity index (χ2v) is 3.15. The standard InChI is InChI=1S/C11H15FN2O2.ClH/c12-5-7-16-10-3-1-2-9(8-10)14-11(15)4-6-13;/h1-3,8H,4-7,13H2,(H,14,15);1H. The van der Waals surface area contributed by atoms with Gasteiger partial charge in [0.1, 0.15) is 19.0 Å². The Morgan fingerprint density at radius 1 is 1.47 bits per heavy atom. The van der Waals surface area contributed by atoms with E-state index in [4.69, 9.17) is 10.5 Å². The topological polar surface area (TPSA) is 64.4 Å². The summed E-state index contributed by atoms with van der Waals surface area (Å²) in [5.74, 6) is 0.383. The Labute approximate surface area is 106 Å². The molecular formula is C11H16ClFN2O2. The highest BCUT2D eigenvalue weighted by molar-refractivity contribution is 5.90. The predicted molar refractivity (Wildman–Crippen MR) is 67.5 cm³/mol. The highest BCUT2D eigenvalue weighted by atomic mass is 35.5. The molecule has 0 saturated heterocycles. The van der Waals surface area contributed by atoms with E-state index >= 15 is 0 Å². The number of nitrogens with one attached hydrogen (secondary N) is 1. The van der Waals surface area contributed by atoms with Crippen molar-refractivity contribution in [2.45, 2.75) is 6.42 Å². The minimum absolute atomic E-state index is 0. The zero-order valence-corrected chi connectivity index (χ0v) is 10.1. The van der Waals surface area contributed by atoms with Crippen molar-refractivity contribution in [2.75, 3.05) is 25.1 Å². The Kier molecular flexibility index (Phi) is 8.09. The van der Waals surface area contributed by atoms with E-state index in [0.717, 1.165) is 0 Å². The van der Waals surface area contributed by atoms with Gasteiger partial charge in [0.05, 0.1) is 0 Å². The van der Waals surface area contributed by atoms with Gasteiger partial charge in [-0.1, -0.05) is 6.07 Å². The monoisotopic (exact) mass is 262 g/mol. The number of rotatable bonds is 6. The van der Waals surface area contributed by atoms with Crippen LogP contribution < -0.4 is 15.8 Å². The molecule has 0 aliphatic rings. The minimum Gasteiger partial charge on any atom is -0.491 e. The van der Waals surface area contributed by atoms with Crippen molar-refractivity contribution in [1.82, 2.24) is 0 Å². The van der Waals surface area contributed by atoms with Crippen molar-refractivity contribution >= 4 is 24.0 Å². The molecule has 0 aromatic heterocycles. The van der Waals surface area contributed by atoms with Crippen LogP contribution in [0.4, 0.5) is 10.1 Å². The third kappa shape index (κ3) is 6.09. The molecule has 0 bridgehead atoms. The van der Waals surface area contributed by atoms with Gasteiger partial charge >= 0.3 is 0 Å². The fourth-order valence-electron chi connectivity index (χ4n) is 1.17. The number of anilines is 1. The van der Waals surface area contributed by atoms with Crippen molar-refractivity contribution in [3.63, 3.8) is 0 Å². The van der Waals surface area contributed by atoms with Crippen LogP contribution in [-0.4, -0.2) is 25.7 Å². The number of halogens is 2. The molecule has 0 heterocycles. The number of hydrogen-bond donors (Lipinski definition) is 2. The summed E-state index contributed by atoms with van der Waals surface area (Å²) < 4.78 is 17.0. The van der Waals surface area contributed by atoms with E-state index in [0.29, 0.717) is 18.0 Å². The average molecular weight is 263 g/mol. The van der Waals surface area contributed by atoms with E-state index in [1.807, 2.05) is 0 Å². The molecule has 1 rings (SSSR count). The lowest BCUT2D eigenvalue weighted by molar-refractivity contribution is -0.116. The highest BCUT2D eigenvalue weighted by Crippen LogP contribution is 2.17. The molecule has 96 valence electrons. The van der Waals surface area contributed by atoms with Crippen LogP contribution in [0.3, 0.4) is 0 Å². The van der Waals surface area contributed by atoms with Gasteiger partial charge in [0.25, 0.3) is 0 Å². The van der Waals surface area contributed by atoms with Crippen LogP contribution in [0.5, 0.6) is 5.75 Å². The number of hydrogen-bond acceptors (Lipinski definition) is 3. The Hall–Kier alpha value is -1.33. The fraction of sp³-hybridized carbons (Fsp3) is 0.364. The first-order valence-corrected chi connectivity index (χ1v) is 5.05.